The predicted octanol–water partition coefficient (Wildman–Crippen LogP) is 6.74. The first-order chi connectivity index (χ1) is 21.3. The first kappa shape index (κ1) is 30.3. The van der Waals surface area contributed by atoms with Gasteiger partial charge in [-0.2, -0.15) is 4.98 Å². The Labute approximate surface area is 256 Å². The quantitative estimate of drug-likeness (QED) is 0.142. The van der Waals surface area contributed by atoms with Crippen molar-refractivity contribution >= 4 is 27.4 Å². The molecule has 0 spiro atoms. The Balaban J connectivity index is 1.26. The van der Waals surface area contributed by atoms with E-state index in [1.807, 2.05) is 68.4 Å². The van der Waals surface area contributed by atoms with Crippen LogP contribution in [0, 0.1) is 6.92 Å². The number of carbonyl (C=O) groups is 1. The second-order valence-electron chi connectivity index (χ2n) is 10.2. The molecule has 5 aromatic rings. The number of nitrogens with zero attached hydrogens (tertiary/aromatic N) is 2. The van der Waals surface area contributed by atoms with E-state index in [2.05, 4.69) is 25.5 Å². The second kappa shape index (κ2) is 13.9. The number of ether oxygens (including phenoxy) is 1. The molecule has 226 valence electrons. The van der Waals surface area contributed by atoms with Crippen molar-refractivity contribution in [3.63, 3.8) is 0 Å². The summed E-state index contributed by atoms with van der Waals surface area (Å²) in [6, 6.07) is 28.9. The molecule has 0 radical (unpaired) electrons. The van der Waals surface area contributed by atoms with Gasteiger partial charge >= 0.3 is 6.03 Å². The lowest BCUT2D eigenvalue weighted by Gasteiger charge is -2.16. The van der Waals surface area contributed by atoms with Gasteiger partial charge in [-0.3, -0.25) is 4.72 Å². The lowest BCUT2D eigenvalue weighted by atomic mass is 10.1. The minimum atomic E-state index is -3.75. The van der Waals surface area contributed by atoms with Crippen LogP contribution in [0.25, 0.3) is 11.4 Å². The summed E-state index contributed by atoms with van der Waals surface area (Å²) in [7, 11) is -3.75. The number of sulfonamides is 1. The number of carbonyl (C=O) groups excluding carboxylic acids is 1. The van der Waals surface area contributed by atoms with Gasteiger partial charge < -0.3 is 19.9 Å². The van der Waals surface area contributed by atoms with Gasteiger partial charge in [-0.1, -0.05) is 60.1 Å². The molecule has 1 aromatic heterocycles. The number of rotatable bonds is 12. The van der Waals surface area contributed by atoms with Crippen LogP contribution in [-0.4, -0.2) is 31.2 Å². The maximum absolute atomic E-state index is 13.1. The normalized spacial score (nSPS) is 11.9. The minimum absolute atomic E-state index is 0.163. The summed E-state index contributed by atoms with van der Waals surface area (Å²) in [6.07, 6.45) is 1.33. The Morgan fingerprint density at radius 2 is 1.57 bits per heavy atom. The largest absolute Gasteiger partial charge is 0.494 e. The van der Waals surface area contributed by atoms with Crippen LogP contribution in [0.5, 0.6) is 5.75 Å². The molecule has 10 nitrogen and oxygen atoms in total. The molecular weight excluding hydrogens is 578 g/mol. The Hall–Kier alpha value is -5.16. The molecule has 4 aromatic carbocycles. The minimum Gasteiger partial charge on any atom is -0.494 e. The van der Waals surface area contributed by atoms with Gasteiger partial charge in [-0.05, 0) is 79.6 Å². The maximum Gasteiger partial charge on any atom is 0.319 e. The SMILES string of the molecule is CCCOc1ccc(-c2noc([C@@H](Cc3ccccc3)NC(=O)Nc3ccc(NS(=O)(=O)c4ccc(C)cc4)cc3)n2)cc1. The summed E-state index contributed by atoms with van der Waals surface area (Å²) in [6.45, 7) is 4.57. The van der Waals surface area contributed by atoms with Gasteiger partial charge in [0, 0.05) is 23.4 Å². The third-order valence-corrected chi connectivity index (χ3v) is 8.04. The van der Waals surface area contributed by atoms with E-state index >= 15 is 0 Å². The van der Waals surface area contributed by atoms with E-state index in [1.165, 1.54) is 0 Å². The van der Waals surface area contributed by atoms with E-state index in [0.717, 1.165) is 28.9 Å². The average molecular weight is 612 g/mol. The number of benzene rings is 4. The number of hydrogen-bond donors (Lipinski definition) is 3. The van der Waals surface area contributed by atoms with Gasteiger partial charge in [0.2, 0.25) is 11.7 Å². The Bertz CT molecular complexity index is 1770. The standard InChI is InChI=1S/C33H33N5O5S/c1-3-21-42-28-17-11-25(12-18-28)31-36-32(43-37-31)30(22-24-7-5-4-6-8-24)35-33(39)34-26-13-15-27(16-14-26)38-44(40,41)29-19-9-23(2)10-20-29/h4-20,30,38H,3,21-22H2,1-2H3,(H2,34,35,39)/t30-/m1/s1. The molecule has 3 N–H and O–H groups in total. The molecule has 0 saturated carbocycles. The van der Waals surface area contributed by atoms with Gasteiger partial charge in [0.05, 0.1) is 11.5 Å². The summed E-state index contributed by atoms with van der Waals surface area (Å²) in [5.41, 5.74) is 3.52. The lowest BCUT2D eigenvalue weighted by molar-refractivity contribution is 0.243. The summed E-state index contributed by atoms with van der Waals surface area (Å²) in [5, 5.41) is 9.86. The topological polar surface area (TPSA) is 135 Å². The average Bonchev–Trinajstić information content (AvgIpc) is 3.52. The van der Waals surface area contributed by atoms with Crippen LogP contribution in [0.15, 0.2) is 113 Å². The highest BCUT2D eigenvalue weighted by atomic mass is 32.2. The van der Waals surface area contributed by atoms with Crippen molar-refractivity contribution in [2.45, 2.75) is 37.6 Å². The molecule has 0 aliphatic carbocycles. The van der Waals surface area contributed by atoms with Crippen LogP contribution in [-0.2, 0) is 16.4 Å². The highest BCUT2D eigenvalue weighted by Crippen LogP contribution is 2.24. The highest BCUT2D eigenvalue weighted by Gasteiger charge is 2.23. The number of amides is 2. The van der Waals surface area contributed by atoms with Crippen molar-refractivity contribution in [3.05, 3.63) is 120 Å². The summed E-state index contributed by atoms with van der Waals surface area (Å²) >= 11 is 0. The second-order valence-corrected chi connectivity index (χ2v) is 11.8. The van der Waals surface area contributed by atoms with Crippen LogP contribution < -0.4 is 20.1 Å². The summed E-state index contributed by atoms with van der Waals surface area (Å²) < 4.78 is 39.2. The molecule has 0 unspecified atom stereocenters. The first-order valence-electron chi connectivity index (χ1n) is 14.2. The molecule has 5 rings (SSSR count). The lowest BCUT2D eigenvalue weighted by Crippen LogP contribution is -2.34. The molecule has 0 fully saturated rings. The van der Waals surface area contributed by atoms with Crippen LogP contribution >= 0.6 is 0 Å². The number of nitrogens with one attached hydrogen (secondary N) is 3. The Morgan fingerprint density at radius 3 is 2.25 bits per heavy atom. The van der Waals surface area contributed by atoms with E-state index in [-0.39, 0.29) is 10.8 Å². The summed E-state index contributed by atoms with van der Waals surface area (Å²) in [4.78, 5) is 17.8. The zero-order chi connectivity index (χ0) is 30.9. The number of anilines is 2. The molecule has 0 bridgehead atoms. The van der Waals surface area contributed by atoms with Gasteiger partial charge in [0.1, 0.15) is 11.8 Å². The fraction of sp³-hybridized carbons (Fsp3) is 0.182. The van der Waals surface area contributed by atoms with Crippen molar-refractivity contribution in [1.29, 1.82) is 0 Å². The molecule has 0 aliphatic heterocycles. The first-order valence-corrected chi connectivity index (χ1v) is 15.7. The third-order valence-electron chi connectivity index (χ3n) is 6.64. The maximum atomic E-state index is 13.1. The van der Waals surface area contributed by atoms with Crippen molar-refractivity contribution in [1.82, 2.24) is 15.5 Å². The fourth-order valence-corrected chi connectivity index (χ4v) is 5.40. The molecule has 0 aliphatic rings. The van der Waals surface area contributed by atoms with E-state index < -0.39 is 22.1 Å². The number of urea groups is 1. The van der Waals surface area contributed by atoms with E-state index in [0.29, 0.717) is 30.2 Å². The smallest absolute Gasteiger partial charge is 0.319 e. The van der Waals surface area contributed by atoms with Crippen LogP contribution in [0.2, 0.25) is 0 Å². The number of aromatic nitrogens is 2. The van der Waals surface area contributed by atoms with Crippen LogP contribution in [0.4, 0.5) is 16.2 Å². The Morgan fingerprint density at radius 1 is 0.886 bits per heavy atom. The third kappa shape index (κ3) is 8.01. The van der Waals surface area contributed by atoms with Crippen molar-refractivity contribution in [2.24, 2.45) is 0 Å². The molecular formula is C33H33N5O5S. The predicted molar refractivity (Wildman–Crippen MR) is 169 cm³/mol. The molecule has 1 atom stereocenters. The van der Waals surface area contributed by atoms with E-state index in [9.17, 15) is 13.2 Å². The zero-order valence-corrected chi connectivity index (χ0v) is 25.2. The summed E-state index contributed by atoms with van der Waals surface area (Å²) in [5.74, 6) is 1.41. The van der Waals surface area contributed by atoms with Gasteiger partial charge in [0.25, 0.3) is 10.0 Å². The number of aryl methyl sites for hydroxylation is 1. The molecule has 11 heteroatoms. The monoisotopic (exact) mass is 611 g/mol. The van der Waals surface area contributed by atoms with Crippen molar-refractivity contribution < 1.29 is 22.5 Å². The van der Waals surface area contributed by atoms with Gasteiger partial charge in [-0.15, -0.1) is 0 Å². The molecule has 0 saturated heterocycles. The highest BCUT2D eigenvalue weighted by molar-refractivity contribution is 7.92. The van der Waals surface area contributed by atoms with E-state index in [4.69, 9.17) is 9.26 Å². The zero-order valence-electron chi connectivity index (χ0n) is 24.4. The Kier molecular flexibility index (Phi) is 9.56. The van der Waals surface area contributed by atoms with Gasteiger partial charge in [-0.25, -0.2) is 13.2 Å². The van der Waals surface area contributed by atoms with Crippen molar-refractivity contribution in [2.75, 3.05) is 16.6 Å². The van der Waals surface area contributed by atoms with Gasteiger partial charge in [0.15, 0.2) is 0 Å². The van der Waals surface area contributed by atoms with Crippen molar-refractivity contribution in [3.8, 4) is 17.1 Å². The molecule has 1 heterocycles. The van der Waals surface area contributed by atoms with E-state index in [1.54, 1.807) is 48.5 Å². The molecule has 2 amide bonds. The van der Waals surface area contributed by atoms with Crippen LogP contribution in [0.1, 0.15) is 36.4 Å². The number of hydrogen-bond acceptors (Lipinski definition) is 7. The molecule has 44 heavy (non-hydrogen) atoms. The fourth-order valence-electron chi connectivity index (χ4n) is 4.34. The van der Waals surface area contributed by atoms with Crippen LogP contribution in [0.3, 0.4) is 0 Å².